The summed E-state index contributed by atoms with van der Waals surface area (Å²) in [6, 6.07) is 8.66. The van der Waals surface area contributed by atoms with Crippen molar-refractivity contribution in [3.8, 4) is 0 Å². The molecule has 1 aromatic carbocycles. The van der Waals surface area contributed by atoms with Crippen molar-refractivity contribution in [2.75, 3.05) is 20.2 Å². The van der Waals surface area contributed by atoms with Crippen LogP contribution in [0.15, 0.2) is 30.5 Å². The van der Waals surface area contributed by atoms with Gasteiger partial charge in [0.25, 0.3) is 0 Å². The maximum Gasteiger partial charge on any atom is 0.0722 e. The molecule has 0 aliphatic heterocycles. The second kappa shape index (κ2) is 7.46. The number of fused-ring (bicyclic) bond motifs is 1. The van der Waals surface area contributed by atoms with E-state index in [1.165, 1.54) is 22.9 Å². The van der Waals surface area contributed by atoms with E-state index < -0.39 is 0 Å². The summed E-state index contributed by atoms with van der Waals surface area (Å²) in [6.07, 6.45) is 4.84. The highest BCUT2D eigenvalue weighted by Gasteiger charge is 2.09. The molecule has 0 saturated heterocycles. The van der Waals surface area contributed by atoms with Crippen molar-refractivity contribution >= 4 is 10.9 Å². The smallest absolute Gasteiger partial charge is 0.0722 e. The van der Waals surface area contributed by atoms with Crippen molar-refractivity contribution in [1.82, 2.24) is 9.88 Å². The van der Waals surface area contributed by atoms with E-state index >= 15 is 0 Å². The number of nitrogens with zero attached hydrogens (tertiary/aromatic N) is 1. The van der Waals surface area contributed by atoms with Crippen molar-refractivity contribution in [3.05, 3.63) is 36.0 Å². The first kappa shape index (κ1) is 15.1. The topological polar surface area (TPSA) is 26.2 Å². The molecule has 3 nitrogen and oxygen atoms in total. The standard InChI is InChI=1S/C17H26N2O/c1-4-18-11-7-8-15-13-19(12-14(2)20-3)17-10-6-5-9-16(15)17/h5-6,9-10,13-14,18H,4,7-8,11-12H2,1-3H3. The van der Waals surface area contributed by atoms with E-state index in [9.17, 15) is 0 Å². The molecule has 0 aliphatic rings. The molecule has 1 unspecified atom stereocenters. The highest BCUT2D eigenvalue weighted by molar-refractivity contribution is 5.84. The minimum absolute atomic E-state index is 0.236. The van der Waals surface area contributed by atoms with Gasteiger partial charge in [-0.1, -0.05) is 25.1 Å². The third-order valence-electron chi connectivity index (χ3n) is 3.78. The van der Waals surface area contributed by atoms with Gasteiger partial charge in [-0.3, -0.25) is 0 Å². The Morgan fingerprint density at radius 3 is 2.85 bits per heavy atom. The first-order valence-corrected chi connectivity index (χ1v) is 7.56. The van der Waals surface area contributed by atoms with Gasteiger partial charge >= 0.3 is 0 Å². The largest absolute Gasteiger partial charge is 0.380 e. The summed E-state index contributed by atoms with van der Waals surface area (Å²) in [7, 11) is 1.77. The van der Waals surface area contributed by atoms with Crippen LogP contribution in [0.5, 0.6) is 0 Å². The van der Waals surface area contributed by atoms with Crippen LogP contribution in [0.4, 0.5) is 0 Å². The van der Waals surface area contributed by atoms with E-state index in [0.717, 1.165) is 26.1 Å². The van der Waals surface area contributed by atoms with Crippen LogP contribution in [0.2, 0.25) is 0 Å². The van der Waals surface area contributed by atoms with E-state index in [1.807, 2.05) is 0 Å². The van der Waals surface area contributed by atoms with E-state index in [1.54, 1.807) is 7.11 Å². The van der Waals surface area contributed by atoms with Crippen LogP contribution >= 0.6 is 0 Å². The van der Waals surface area contributed by atoms with Crippen molar-refractivity contribution in [1.29, 1.82) is 0 Å². The van der Waals surface area contributed by atoms with Crippen molar-refractivity contribution in [2.45, 2.75) is 39.3 Å². The fraction of sp³-hybridized carbons (Fsp3) is 0.529. The second-order valence-electron chi connectivity index (χ2n) is 5.33. The van der Waals surface area contributed by atoms with Crippen LogP contribution < -0.4 is 5.32 Å². The van der Waals surface area contributed by atoms with E-state index in [4.69, 9.17) is 4.74 Å². The van der Waals surface area contributed by atoms with Crippen LogP contribution in [0.25, 0.3) is 10.9 Å². The average molecular weight is 274 g/mol. The third kappa shape index (κ3) is 3.62. The molecule has 0 bridgehead atoms. The van der Waals surface area contributed by atoms with Gasteiger partial charge in [-0.2, -0.15) is 0 Å². The predicted molar refractivity (Wildman–Crippen MR) is 85.3 cm³/mol. The summed E-state index contributed by atoms with van der Waals surface area (Å²) in [5.41, 5.74) is 2.76. The Labute approximate surface area is 121 Å². The lowest BCUT2D eigenvalue weighted by molar-refractivity contribution is 0.104. The SMILES string of the molecule is CCNCCCc1cn(CC(C)OC)c2ccccc12. The molecule has 0 fully saturated rings. The lowest BCUT2D eigenvalue weighted by Gasteiger charge is -2.11. The Kier molecular flexibility index (Phi) is 5.62. The maximum atomic E-state index is 5.39. The zero-order valence-electron chi connectivity index (χ0n) is 12.9. The molecule has 2 aromatic rings. The fourth-order valence-corrected chi connectivity index (χ4v) is 2.61. The average Bonchev–Trinajstić information content (AvgIpc) is 2.82. The van der Waals surface area contributed by atoms with Crippen LogP contribution in [-0.2, 0) is 17.7 Å². The van der Waals surface area contributed by atoms with Crippen molar-refractivity contribution in [2.24, 2.45) is 0 Å². The molecule has 0 radical (unpaired) electrons. The Morgan fingerprint density at radius 1 is 1.30 bits per heavy atom. The molecule has 0 amide bonds. The molecule has 1 N–H and O–H groups in total. The Bertz CT molecular complexity index is 533. The molecule has 2 rings (SSSR count). The molecule has 0 aliphatic carbocycles. The number of methoxy groups -OCH3 is 1. The van der Waals surface area contributed by atoms with Gasteiger partial charge in [0.1, 0.15) is 0 Å². The highest BCUT2D eigenvalue weighted by Crippen LogP contribution is 2.23. The Balaban J connectivity index is 2.17. The summed E-state index contributed by atoms with van der Waals surface area (Å²) in [5.74, 6) is 0. The molecule has 1 heterocycles. The summed E-state index contributed by atoms with van der Waals surface area (Å²) in [4.78, 5) is 0. The van der Waals surface area contributed by atoms with Gasteiger partial charge in [0, 0.05) is 30.8 Å². The number of para-hydroxylation sites is 1. The number of benzene rings is 1. The Morgan fingerprint density at radius 2 is 2.10 bits per heavy atom. The predicted octanol–water partition coefficient (Wildman–Crippen LogP) is 3.22. The quantitative estimate of drug-likeness (QED) is 0.748. The van der Waals surface area contributed by atoms with Crippen molar-refractivity contribution in [3.63, 3.8) is 0 Å². The zero-order valence-corrected chi connectivity index (χ0v) is 12.9. The van der Waals surface area contributed by atoms with E-state index in [0.29, 0.717) is 0 Å². The second-order valence-corrected chi connectivity index (χ2v) is 5.33. The first-order valence-electron chi connectivity index (χ1n) is 7.56. The summed E-state index contributed by atoms with van der Waals surface area (Å²) in [5, 5.41) is 4.77. The van der Waals surface area contributed by atoms with E-state index in [-0.39, 0.29) is 6.10 Å². The first-order chi connectivity index (χ1) is 9.76. The molecule has 20 heavy (non-hydrogen) atoms. The number of aromatic nitrogens is 1. The highest BCUT2D eigenvalue weighted by atomic mass is 16.5. The van der Waals surface area contributed by atoms with E-state index in [2.05, 4.69) is 54.2 Å². The molecule has 0 spiro atoms. The Hall–Kier alpha value is -1.32. The number of hydrogen-bond donors (Lipinski definition) is 1. The van der Waals surface area contributed by atoms with Crippen LogP contribution in [0.1, 0.15) is 25.8 Å². The van der Waals surface area contributed by atoms with Gasteiger partial charge in [-0.05, 0) is 44.5 Å². The fourth-order valence-electron chi connectivity index (χ4n) is 2.61. The summed E-state index contributed by atoms with van der Waals surface area (Å²) in [6.45, 7) is 7.31. The molecule has 3 heteroatoms. The normalized spacial score (nSPS) is 12.9. The van der Waals surface area contributed by atoms with Gasteiger partial charge in [0.2, 0.25) is 0 Å². The van der Waals surface area contributed by atoms with Crippen LogP contribution in [0, 0.1) is 0 Å². The minimum atomic E-state index is 0.236. The lowest BCUT2D eigenvalue weighted by Crippen LogP contribution is -2.14. The van der Waals surface area contributed by atoms with Crippen LogP contribution in [0.3, 0.4) is 0 Å². The number of ether oxygens (including phenoxy) is 1. The minimum Gasteiger partial charge on any atom is -0.380 e. The summed E-state index contributed by atoms with van der Waals surface area (Å²) < 4.78 is 7.72. The molecule has 1 atom stereocenters. The van der Waals surface area contributed by atoms with Gasteiger partial charge < -0.3 is 14.6 Å². The van der Waals surface area contributed by atoms with Gasteiger partial charge in [0.05, 0.1) is 6.10 Å². The molecular formula is C17H26N2O. The third-order valence-corrected chi connectivity index (χ3v) is 3.78. The van der Waals surface area contributed by atoms with Gasteiger partial charge in [-0.25, -0.2) is 0 Å². The number of aryl methyl sites for hydroxylation is 1. The molecule has 110 valence electrons. The number of hydrogen-bond acceptors (Lipinski definition) is 2. The molecular weight excluding hydrogens is 248 g/mol. The van der Waals surface area contributed by atoms with Gasteiger partial charge in [-0.15, -0.1) is 0 Å². The lowest BCUT2D eigenvalue weighted by atomic mass is 10.1. The number of nitrogens with one attached hydrogen (secondary N) is 1. The summed E-state index contributed by atoms with van der Waals surface area (Å²) >= 11 is 0. The van der Waals surface area contributed by atoms with Crippen LogP contribution in [-0.4, -0.2) is 30.9 Å². The number of rotatable bonds is 8. The zero-order chi connectivity index (χ0) is 14.4. The monoisotopic (exact) mass is 274 g/mol. The maximum absolute atomic E-state index is 5.39. The molecule has 1 aromatic heterocycles. The van der Waals surface area contributed by atoms with Gasteiger partial charge in [0.15, 0.2) is 0 Å². The molecule has 0 saturated carbocycles. The van der Waals surface area contributed by atoms with Crippen molar-refractivity contribution < 1.29 is 4.74 Å².